The predicted octanol–water partition coefficient (Wildman–Crippen LogP) is 0.675. The Morgan fingerprint density at radius 3 is 2.62 bits per heavy atom. The molecule has 1 aromatic rings. The van der Waals surface area contributed by atoms with Crippen LogP contribution in [0.15, 0.2) is 12.1 Å². The molecule has 0 aliphatic carbocycles. The fraction of sp³-hybridized carbons (Fsp3) is 0.333. The van der Waals surface area contributed by atoms with Gasteiger partial charge in [-0.25, -0.2) is 4.39 Å². The highest BCUT2D eigenvalue weighted by molar-refractivity contribution is 5.50. The molecule has 0 bridgehead atoms. The van der Waals surface area contributed by atoms with Gasteiger partial charge in [0.05, 0.1) is 0 Å². The Hall–Kier alpha value is -1.13. The van der Waals surface area contributed by atoms with Crippen LogP contribution in [0.1, 0.15) is 17.2 Å². The van der Waals surface area contributed by atoms with Gasteiger partial charge in [0.15, 0.2) is 0 Å². The summed E-state index contributed by atoms with van der Waals surface area (Å²) in [6, 6.07) is 2.60. The van der Waals surface area contributed by atoms with E-state index in [0.29, 0.717) is 23.4 Å². The van der Waals surface area contributed by atoms with Gasteiger partial charge in [0.1, 0.15) is 5.82 Å². The fourth-order valence-electron chi connectivity index (χ4n) is 1.17. The van der Waals surface area contributed by atoms with Crippen LogP contribution in [0.5, 0.6) is 0 Å². The first-order valence-corrected chi connectivity index (χ1v) is 4.07. The van der Waals surface area contributed by atoms with Gasteiger partial charge in [-0.1, -0.05) is 0 Å². The van der Waals surface area contributed by atoms with E-state index < -0.39 is 0 Å². The van der Waals surface area contributed by atoms with E-state index >= 15 is 0 Å². The molecule has 1 atom stereocenters. The third-order valence-corrected chi connectivity index (χ3v) is 2.02. The number of benzene rings is 1. The molecule has 1 aromatic carbocycles. The van der Waals surface area contributed by atoms with Crippen LogP contribution >= 0.6 is 0 Å². The second-order valence-corrected chi connectivity index (χ2v) is 3.07. The largest absolute Gasteiger partial charge is 0.398 e. The molecular formula is C9H14FN3. The number of nitrogen functional groups attached to an aromatic ring is 1. The summed E-state index contributed by atoms with van der Waals surface area (Å²) in [5.41, 5.74) is 18.3. The van der Waals surface area contributed by atoms with Gasteiger partial charge in [-0.2, -0.15) is 0 Å². The van der Waals surface area contributed by atoms with Gasteiger partial charge in [-0.3, -0.25) is 0 Å². The number of aryl methyl sites for hydroxylation is 1. The molecule has 72 valence electrons. The Morgan fingerprint density at radius 2 is 2.08 bits per heavy atom. The number of hydrogen-bond donors (Lipinski definition) is 3. The maximum absolute atomic E-state index is 13.0. The molecule has 0 spiro atoms. The standard InChI is InChI=1S/C9H14FN3/c1-5-2-6(9(13)4-11)8(12)3-7(5)10/h2-3,9H,4,11-13H2,1H3. The van der Waals surface area contributed by atoms with Gasteiger partial charge in [-0.05, 0) is 30.2 Å². The van der Waals surface area contributed by atoms with Crippen molar-refractivity contribution in [2.24, 2.45) is 11.5 Å². The minimum atomic E-state index is -0.320. The molecule has 1 unspecified atom stereocenters. The highest BCUT2D eigenvalue weighted by Gasteiger charge is 2.10. The van der Waals surface area contributed by atoms with Gasteiger partial charge >= 0.3 is 0 Å². The van der Waals surface area contributed by atoms with Crippen LogP contribution in [0, 0.1) is 12.7 Å². The van der Waals surface area contributed by atoms with Crippen molar-refractivity contribution in [3.8, 4) is 0 Å². The first kappa shape index (κ1) is 9.95. The van der Waals surface area contributed by atoms with Crippen molar-refractivity contribution in [1.29, 1.82) is 0 Å². The Labute approximate surface area is 76.7 Å². The molecule has 0 amide bonds. The monoisotopic (exact) mass is 183 g/mol. The Kier molecular flexibility index (Phi) is 2.85. The topological polar surface area (TPSA) is 78.1 Å². The maximum Gasteiger partial charge on any atom is 0.128 e. The van der Waals surface area contributed by atoms with Crippen molar-refractivity contribution in [1.82, 2.24) is 0 Å². The summed E-state index contributed by atoms with van der Waals surface area (Å²) in [5, 5.41) is 0. The molecule has 0 saturated heterocycles. The number of nitrogens with two attached hydrogens (primary N) is 3. The Bertz CT molecular complexity index is 312. The van der Waals surface area contributed by atoms with Gasteiger partial charge in [-0.15, -0.1) is 0 Å². The number of rotatable bonds is 2. The van der Waals surface area contributed by atoms with Crippen molar-refractivity contribution in [2.75, 3.05) is 12.3 Å². The lowest BCUT2D eigenvalue weighted by Gasteiger charge is -2.13. The first-order valence-electron chi connectivity index (χ1n) is 4.07. The van der Waals surface area contributed by atoms with Gasteiger partial charge in [0, 0.05) is 18.3 Å². The predicted molar refractivity (Wildman–Crippen MR) is 51.5 cm³/mol. The molecule has 0 radical (unpaired) electrons. The lowest BCUT2D eigenvalue weighted by Crippen LogP contribution is -2.22. The number of halogens is 1. The van der Waals surface area contributed by atoms with E-state index in [9.17, 15) is 4.39 Å². The molecule has 0 aliphatic rings. The lowest BCUT2D eigenvalue weighted by molar-refractivity contribution is 0.616. The van der Waals surface area contributed by atoms with Crippen LogP contribution in [-0.4, -0.2) is 6.54 Å². The van der Waals surface area contributed by atoms with E-state index in [1.54, 1.807) is 13.0 Å². The van der Waals surface area contributed by atoms with Crippen molar-refractivity contribution in [2.45, 2.75) is 13.0 Å². The second kappa shape index (κ2) is 3.72. The number of hydrogen-bond acceptors (Lipinski definition) is 3. The van der Waals surface area contributed by atoms with Crippen molar-refractivity contribution >= 4 is 5.69 Å². The molecule has 0 aromatic heterocycles. The van der Waals surface area contributed by atoms with Crippen LogP contribution in [0.2, 0.25) is 0 Å². The van der Waals surface area contributed by atoms with E-state index in [-0.39, 0.29) is 11.9 Å². The minimum Gasteiger partial charge on any atom is -0.398 e. The Balaban J connectivity index is 3.15. The van der Waals surface area contributed by atoms with E-state index in [1.165, 1.54) is 6.07 Å². The molecule has 6 N–H and O–H groups in total. The quantitative estimate of drug-likeness (QED) is 0.590. The Morgan fingerprint density at radius 1 is 1.46 bits per heavy atom. The summed E-state index contributed by atoms with van der Waals surface area (Å²) < 4.78 is 13.0. The molecule has 4 heteroatoms. The average molecular weight is 183 g/mol. The number of anilines is 1. The van der Waals surface area contributed by atoms with Crippen molar-refractivity contribution < 1.29 is 4.39 Å². The average Bonchev–Trinajstić information content (AvgIpc) is 2.10. The summed E-state index contributed by atoms with van der Waals surface area (Å²) >= 11 is 0. The van der Waals surface area contributed by atoms with Gasteiger partial charge < -0.3 is 17.2 Å². The molecule has 1 rings (SSSR count). The summed E-state index contributed by atoms with van der Waals surface area (Å²) in [6.45, 7) is 1.97. The third kappa shape index (κ3) is 1.96. The van der Waals surface area contributed by atoms with Crippen LogP contribution < -0.4 is 17.2 Å². The van der Waals surface area contributed by atoms with E-state index in [2.05, 4.69) is 0 Å². The summed E-state index contributed by atoms with van der Waals surface area (Å²) in [7, 11) is 0. The highest BCUT2D eigenvalue weighted by Crippen LogP contribution is 2.21. The molecule has 0 aliphatic heterocycles. The summed E-state index contributed by atoms with van der Waals surface area (Å²) in [5.74, 6) is -0.314. The van der Waals surface area contributed by atoms with E-state index in [0.717, 1.165) is 0 Å². The van der Waals surface area contributed by atoms with Crippen LogP contribution in [0.3, 0.4) is 0 Å². The molecule has 0 heterocycles. The normalized spacial score (nSPS) is 12.9. The van der Waals surface area contributed by atoms with Crippen LogP contribution in [0.4, 0.5) is 10.1 Å². The van der Waals surface area contributed by atoms with Gasteiger partial charge in [0.25, 0.3) is 0 Å². The lowest BCUT2D eigenvalue weighted by atomic mass is 10.0. The SMILES string of the molecule is Cc1cc(C(N)CN)c(N)cc1F. The first-order chi connectivity index (χ1) is 6.06. The fourth-order valence-corrected chi connectivity index (χ4v) is 1.17. The van der Waals surface area contributed by atoms with Gasteiger partial charge in [0.2, 0.25) is 0 Å². The van der Waals surface area contributed by atoms with E-state index in [4.69, 9.17) is 17.2 Å². The zero-order chi connectivity index (χ0) is 10.0. The van der Waals surface area contributed by atoms with Crippen molar-refractivity contribution in [3.05, 3.63) is 29.1 Å². The zero-order valence-corrected chi connectivity index (χ0v) is 7.55. The van der Waals surface area contributed by atoms with E-state index in [1.807, 2.05) is 0 Å². The maximum atomic E-state index is 13.0. The summed E-state index contributed by atoms with van der Waals surface area (Å²) in [6.07, 6.45) is 0. The summed E-state index contributed by atoms with van der Waals surface area (Å²) in [4.78, 5) is 0. The molecular weight excluding hydrogens is 169 g/mol. The van der Waals surface area contributed by atoms with Crippen LogP contribution in [-0.2, 0) is 0 Å². The molecule has 3 nitrogen and oxygen atoms in total. The zero-order valence-electron chi connectivity index (χ0n) is 7.55. The van der Waals surface area contributed by atoms with Crippen molar-refractivity contribution in [3.63, 3.8) is 0 Å². The smallest absolute Gasteiger partial charge is 0.128 e. The molecule has 0 saturated carbocycles. The highest BCUT2D eigenvalue weighted by atomic mass is 19.1. The molecule has 13 heavy (non-hydrogen) atoms. The molecule has 0 fully saturated rings. The second-order valence-electron chi connectivity index (χ2n) is 3.07. The minimum absolute atomic E-state index is 0.301. The third-order valence-electron chi connectivity index (χ3n) is 2.02. The van der Waals surface area contributed by atoms with Crippen LogP contribution in [0.25, 0.3) is 0 Å².